The Morgan fingerprint density at radius 2 is 1.60 bits per heavy atom. The van der Waals surface area contributed by atoms with E-state index in [1.165, 1.54) is 0 Å². The second kappa shape index (κ2) is 0.985. The van der Waals surface area contributed by atoms with Gasteiger partial charge in [0, 0.05) is 0 Å². The Labute approximate surface area is 31.1 Å². The maximum absolute atomic E-state index is 9.30. The van der Waals surface area contributed by atoms with Crippen LogP contribution >= 0.6 is 0 Å². The summed E-state index contributed by atoms with van der Waals surface area (Å²) in [5.41, 5.74) is 0. The second-order valence-corrected chi connectivity index (χ2v) is 0.651. The van der Waals surface area contributed by atoms with Gasteiger partial charge in [-0.1, -0.05) is 0 Å². The van der Waals surface area contributed by atoms with Gasteiger partial charge in [-0.2, -0.15) is 0 Å². The van der Waals surface area contributed by atoms with Gasteiger partial charge in [0.15, 0.2) is 0 Å². The van der Waals surface area contributed by atoms with Gasteiger partial charge in [-0.05, 0) is 0 Å². The van der Waals surface area contributed by atoms with Crippen LogP contribution in [-0.2, 0) is 9.97 Å². The van der Waals surface area contributed by atoms with Gasteiger partial charge in [-0.3, -0.25) is 0 Å². The van der Waals surface area contributed by atoms with Gasteiger partial charge in [0.05, 0.1) is 9.97 Å². The molecule has 0 aliphatic rings. The quantitative estimate of drug-likeness (QED) is 0.284. The van der Waals surface area contributed by atoms with Gasteiger partial charge in [-0.25, -0.2) is 8.42 Å². The van der Waals surface area contributed by atoms with Crippen molar-refractivity contribution in [3.63, 3.8) is 0 Å². The molecule has 0 amide bonds. The van der Waals surface area contributed by atoms with Gasteiger partial charge in [-0.15, -0.1) is 0 Å². The van der Waals surface area contributed by atoms with E-state index in [9.17, 15) is 8.42 Å². The third-order valence-electron chi connectivity index (χ3n) is 0. The predicted octanol–water partition coefficient (Wildman–Crippen LogP) is -1.85. The fraction of sp³-hybridized carbons (Fsp3) is 0. The third kappa shape index (κ3) is 24700. The molecule has 1 N–H and O–H groups in total. The molecule has 0 unspecified atom stereocenters. The topological polar surface area (TPSA) is 54.4 Å². The van der Waals surface area contributed by atoms with Crippen LogP contribution in [0, 0.1) is 0 Å². The molecule has 0 spiro atoms. The van der Waals surface area contributed by atoms with Crippen molar-refractivity contribution in [2.75, 3.05) is 0 Å². The molecule has 0 fully saturated rings. The molecule has 5 heavy (non-hydrogen) atoms. The van der Waals surface area contributed by atoms with Crippen molar-refractivity contribution >= 4 is 17.1 Å². The van der Waals surface area contributed by atoms with Crippen molar-refractivity contribution in [1.82, 2.24) is 0 Å². The maximum atomic E-state index is 9.30. The van der Waals surface area contributed by atoms with Crippen molar-refractivity contribution in [3.05, 3.63) is 0 Å². The number of rotatable bonds is 0. The first-order valence-corrected chi connectivity index (χ1v) is 1.55. The van der Waals surface area contributed by atoms with E-state index in [0.29, 0.717) is 0 Å². The Kier molecular flexibility index (Phi) is 0.980. The fourth-order valence-electron chi connectivity index (χ4n) is 0. The summed E-state index contributed by atoms with van der Waals surface area (Å²) in [5.74, 6) is 0. The lowest BCUT2D eigenvalue weighted by Crippen LogP contribution is -1.91. The first-order valence-electron chi connectivity index (χ1n) is 0.516. The summed E-state index contributed by atoms with van der Waals surface area (Å²) in [6, 6.07) is 0. The van der Waals surface area contributed by atoms with E-state index in [4.69, 9.17) is 4.55 Å². The average Bonchev–Trinajstić information content (AvgIpc) is 0.722. The zero-order valence-corrected chi connectivity index (χ0v) is 2.49. The molecule has 32 valence electrons. The Morgan fingerprint density at radius 3 is 1.60 bits per heavy atom. The van der Waals surface area contributed by atoms with E-state index in [0.717, 1.165) is 0 Å². The van der Waals surface area contributed by atoms with Crippen LogP contribution in [0.15, 0.2) is 0 Å². The molecule has 0 aromatic heterocycles. The second-order valence-electron chi connectivity index (χ2n) is 0.217. The maximum Gasteiger partial charge on any atom is 0.122 e. The molecule has 0 aliphatic carbocycles. The monoisotopic (exact) mass is 95.0 g/mol. The minimum absolute atomic E-state index is 0.868. The van der Waals surface area contributed by atoms with Crippen molar-refractivity contribution in [3.8, 4) is 0 Å². The molecule has 0 saturated carbocycles. The highest BCUT2D eigenvalue weighted by Gasteiger charge is 1.72. The van der Waals surface area contributed by atoms with Gasteiger partial charge >= 0.3 is 0 Å². The lowest BCUT2D eigenvalue weighted by atomic mass is 10.8. The summed E-state index contributed by atoms with van der Waals surface area (Å²) in [4.78, 5) is 0. The van der Waals surface area contributed by atoms with Crippen molar-refractivity contribution < 1.29 is 13.0 Å². The molecule has 0 rings (SSSR count). The zero-order valence-electron chi connectivity index (χ0n) is 1.67. The highest BCUT2D eigenvalue weighted by atomic mass is 32.2. The molecule has 0 aromatic rings. The zero-order chi connectivity index (χ0) is 4.50. The smallest absolute Gasteiger partial charge is 0.122 e. The minimum Gasteiger partial charge on any atom is -0.318 e. The molecule has 0 radical (unpaired) electrons. The SMILES string of the molecule is [BH3-]S(=O)(=O)O. The highest BCUT2D eigenvalue weighted by Crippen LogP contribution is 1.57. The molecule has 0 aliphatic heterocycles. The van der Waals surface area contributed by atoms with Crippen LogP contribution in [0.3, 0.4) is 0 Å². The van der Waals surface area contributed by atoms with Crippen LogP contribution in [0.25, 0.3) is 0 Å². The van der Waals surface area contributed by atoms with Crippen molar-refractivity contribution in [2.24, 2.45) is 0 Å². The third-order valence-corrected chi connectivity index (χ3v) is 0. The fourth-order valence-corrected chi connectivity index (χ4v) is 0. The number of hydrogen-bond acceptors (Lipinski definition) is 2. The highest BCUT2D eigenvalue weighted by molar-refractivity contribution is 8.07. The van der Waals surface area contributed by atoms with Crippen LogP contribution in [-0.4, -0.2) is 20.1 Å². The summed E-state index contributed by atoms with van der Waals surface area (Å²) < 4.78 is 26.2. The van der Waals surface area contributed by atoms with Crippen LogP contribution in [0.5, 0.6) is 0 Å². The van der Waals surface area contributed by atoms with Crippen LogP contribution < -0.4 is 0 Å². The Balaban J connectivity index is 4.06. The Morgan fingerprint density at radius 1 is 1.60 bits per heavy atom. The van der Waals surface area contributed by atoms with E-state index < -0.39 is 17.1 Å². The minimum atomic E-state index is -3.42. The van der Waals surface area contributed by atoms with Crippen LogP contribution in [0.4, 0.5) is 0 Å². The van der Waals surface area contributed by atoms with E-state index in [1.54, 1.807) is 0 Å². The molecule has 0 heterocycles. The van der Waals surface area contributed by atoms with Crippen LogP contribution in [0.1, 0.15) is 0 Å². The van der Waals surface area contributed by atoms with Gasteiger partial charge < -0.3 is 4.55 Å². The standard InChI is InChI=1S/BH4O3S/c1-5(2,3)4/h1H3,(H,2,3,4)/q-1. The predicted molar refractivity (Wildman–Crippen MR) is 21.5 cm³/mol. The van der Waals surface area contributed by atoms with Crippen molar-refractivity contribution in [2.45, 2.75) is 0 Å². The summed E-state index contributed by atoms with van der Waals surface area (Å²) in [6.07, 6.45) is 0. The molecule has 0 aromatic carbocycles. The summed E-state index contributed by atoms with van der Waals surface area (Å²) in [6.45, 7) is 0. The lowest BCUT2D eigenvalue weighted by molar-refractivity contribution is 0.501. The molecule has 5 heteroatoms. The molecule has 3 nitrogen and oxygen atoms in total. The summed E-state index contributed by atoms with van der Waals surface area (Å²) in [5, 5.41) is 0. The van der Waals surface area contributed by atoms with E-state index in [2.05, 4.69) is 0 Å². The summed E-state index contributed by atoms with van der Waals surface area (Å²) in [7, 11) is -4.28. The largest absolute Gasteiger partial charge is 0.318 e. The van der Waals surface area contributed by atoms with Crippen LogP contribution in [0.2, 0.25) is 0 Å². The first-order chi connectivity index (χ1) is 2.00. The molecule has 0 saturated heterocycles. The average molecular weight is 94.9 g/mol. The van der Waals surface area contributed by atoms with Gasteiger partial charge in [0.25, 0.3) is 0 Å². The molecule has 0 atom stereocenters. The molecule has 0 bridgehead atoms. The van der Waals surface area contributed by atoms with Crippen molar-refractivity contribution in [1.29, 1.82) is 0 Å². The first kappa shape index (κ1) is 4.97. The van der Waals surface area contributed by atoms with E-state index in [1.807, 2.05) is 0 Å². The Bertz CT molecular complexity index is 90.1. The van der Waals surface area contributed by atoms with E-state index in [-0.39, 0.29) is 0 Å². The van der Waals surface area contributed by atoms with Gasteiger partial charge in [0.2, 0.25) is 0 Å². The molecular formula is H4BO3S-. The van der Waals surface area contributed by atoms with Gasteiger partial charge in [0.1, 0.15) is 7.12 Å². The summed E-state index contributed by atoms with van der Waals surface area (Å²) >= 11 is 0. The normalized spacial score (nSPS) is 11.6. The number of hydrogen-bond donors (Lipinski definition) is 1. The molecular weight excluding hydrogens is 90.9 g/mol. The lowest BCUT2D eigenvalue weighted by Gasteiger charge is -1.77. The Hall–Kier alpha value is -0.0251. The van der Waals surface area contributed by atoms with E-state index >= 15 is 0 Å².